The molecule has 0 fully saturated rings. The number of fused-ring (bicyclic) bond motifs is 1. The summed E-state index contributed by atoms with van der Waals surface area (Å²) < 4.78 is 0. The number of carbonyl (C=O) groups excluding carboxylic acids is 1. The highest BCUT2D eigenvalue weighted by atomic mass is 16.1. The van der Waals surface area contributed by atoms with Crippen LogP contribution in [0.5, 0.6) is 0 Å². The minimum Gasteiger partial charge on any atom is -0.344 e. The maximum atomic E-state index is 8.00. The Kier molecular flexibility index (Phi) is 33.3. The van der Waals surface area contributed by atoms with Crippen LogP contribution in [0.2, 0.25) is 0 Å². The normalized spacial score (nSPS) is 13.8. The molecule has 0 saturated heterocycles. The second-order valence-electron chi connectivity index (χ2n) is 7.76. The zero-order valence-corrected chi connectivity index (χ0v) is 25.2. The Morgan fingerprint density at radius 3 is 1.88 bits per heavy atom. The minimum atomic E-state index is 0.596. The molecule has 198 valence electrons. The van der Waals surface area contributed by atoms with Gasteiger partial charge in [-0.1, -0.05) is 132 Å². The number of rotatable bonds is 5. The summed E-state index contributed by atoms with van der Waals surface area (Å²) in [6.07, 6.45) is 13.9. The van der Waals surface area contributed by atoms with Crippen molar-refractivity contribution in [2.45, 2.75) is 109 Å². The van der Waals surface area contributed by atoms with Crippen LogP contribution in [-0.4, -0.2) is 13.8 Å². The summed E-state index contributed by atoms with van der Waals surface area (Å²) in [5, 5.41) is 0. The Hall–Kier alpha value is -2.09. The van der Waals surface area contributed by atoms with E-state index in [1.807, 2.05) is 48.3 Å². The average molecular weight is 474 g/mol. The highest BCUT2D eigenvalue weighted by Crippen LogP contribution is 2.35. The molecule has 1 heterocycles. The van der Waals surface area contributed by atoms with Gasteiger partial charge >= 0.3 is 0 Å². The summed E-state index contributed by atoms with van der Waals surface area (Å²) in [6, 6.07) is 8.71. The van der Waals surface area contributed by atoms with E-state index < -0.39 is 0 Å². The van der Waals surface area contributed by atoms with Gasteiger partial charge in [0.1, 0.15) is 6.79 Å². The first-order valence-corrected chi connectivity index (χ1v) is 13.6. The highest BCUT2D eigenvalue weighted by molar-refractivity contribution is 5.66. The SMILES string of the molecule is C=O.CC.CC.CC.CC/C=C1\C(=C/C(C)C)Cc2ccccc2N1C.CCC/C=C\C(C)C. The lowest BCUT2D eigenvalue weighted by atomic mass is 9.92. The van der Waals surface area contributed by atoms with Gasteiger partial charge in [0.15, 0.2) is 0 Å². The maximum Gasteiger partial charge on any atom is 0.106 e. The van der Waals surface area contributed by atoms with Crippen molar-refractivity contribution in [3.05, 3.63) is 65.4 Å². The largest absolute Gasteiger partial charge is 0.344 e. The number of nitrogens with zero attached hydrogens (tertiary/aromatic N) is 1. The third kappa shape index (κ3) is 18.3. The second-order valence-corrected chi connectivity index (χ2v) is 7.76. The Morgan fingerprint density at radius 1 is 0.912 bits per heavy atom. The van der Waals surface area contributed by atoms with Gasteiger partial charge in [0.2, 0.25) is 0 Å². The van der Waals surface area contributed by atoms with Crippen LogP contribution < -0.4 is 4.90 Å². The van der Waals surface area contributed by atoms with Crippen molar-refractivity contribution in [3.8, 4) is 0 Å². The Labute approximate surface area is 215 Å². The number of anilines is 1. The molecule has 0 N–H and O–H groups in total. The molecule has 0 unspecified atom stereocenters. The van der Waals surface area contributed by atoms with E-state index in [1.165, 1.54) is 35.4 Å². The number of hydrogen-bond acceptors (Lipinski definition) is 2. The van der Waals surface area contributed by atoms with Crippen molar-refractivity contribution in [1.82, 2.24) is 0 Å². The van der Waals surface area contributed by atoms with Crippen molar-refractivity contribution in [2.75, 3.05) is 11.9 Å². The molecule has 2 rings (SSSR count). The molecule has 0 radical (unpaired) electrons. The molecule has 0 spiro atoms. The zero-order chi connectivity index (χ0) is 27.5. The molecular weight excluding hydrogens is 414 g/mol. The van der Waals surface area contributed by atoms with Gasteiger partial charge in [0, 0.05) is 24.9 Å². The van der Waals surface area contributed by atoms with E-state index in [0.717, 1.165) is 18.8 Å². The van der Waals surface area contributed by atoms with E-state index in [-0.39, 0.29) is 0 Å². The van der Waals surface area contributed by atoms with E-state index >= 15 is 0 Å². The van der Waals surface area contributed by atoms with Gasteiger partial charge in [-0.25, -0.2) is 0 Å². The van der Waals surface area contributed by atoms with Crippen LogP contribution in [0.4, 0.5) is 5.69 Å². The predicted molar refractivity (Wildman–Crippen MR) is 160 cm³/mol. The molecule has 0 atom stereocenters. The van der Waals surface area contributed by atoms with Gasteiger partial charge in [-0.15, -0.1) is 0 Å². The monoisotopic (exact) mass is 473 g/mol. The molecule has 1 aromatic rings. The van der Waals surface area contributed by atoms with Crippen LogP contribution >= 0.6 is 0 Å². The van der Waals surface area contributed by atoms with Crippen molar-refractivity contribution in [1.29, 1.82) is 0 Å². The second kappa shape index (κ2) is 28.9. The van der Waals surface area contributed by atoms with Crippen molar-refractivity contribution >= 4 is 12.5 Å². The van der Waals surface area contributed by atoms with Gasteiger partial charge in [-0.3, -0.25) is 0 Å². The lowest BCUT2D eigenvalue weighted by molar-refractivity contribution is -0.0979. The summed E-state index contributed by atoms with van der Waals surface area (Å²) in [7, 11) is 2.17. The van der Waals surface area contributed by atoms with Gasteiger partial charge in [-0.05, 0) is 41.9 Å². The van der Waals surface area contributed by atoms with Crippen LogP contribution in [0.25, 0.3) is 0 Å². The molecule has 0 aromatic heterocycles. The topological polar surface area (TPSA) is 20.3 Å². The van der Waals surface area contributed by atoms with Crippen LogP contribution in [-0.2, 0) is 11.2 Å². The molecule has 1 aliphatic rings. The Bertz CT molecular complexity index is 638. The van der Waals surface area contributed by atoms with Gasteiger partial charge in [-0.2, -0.15) is 0 Å². The van der Waals surface area contributed by atoms with Gasteiger partial charge in [0.05, 0.1) is 0 Å². The number of para-hydroxylation sites is 1. The Morgan fingerprint density at radius 2 is 1.44 bits per heavy atom. The number of carbonyl (C=O) groups is 1. The third-order valence-corrected chi connectivity index (χ3v) is 4.33. The van der Waals surface area contributed by atoms with E-state index in [0.29, 0.717) is 5.92 Å². The molecule has 0 saturated carbocycles. The number of hydrogen-bond donors (Lipinski definition) is 0. The standard InChI is InChI=1S/C17H23N.C8H16.3C2H6.CH2O/c1-5-8-16-15(11-13(2)3)12-14-9-6-7-10-17(14)18(16)4;1-4-5-6-7-8(2)3;4*1-2/h6-11,13H,5,12H2,1-4H3;6-8H,4-5H2,1-3H3;3*1-2H3;1H2/b15-11-,16-8+;7-6-;;;;. The molecule has 2 nitrogen and oxygen atoms in total. The summed E-state index contributed by atoms with van der Waals surface area (Å²) in [4.78, 5) is 10.3. The predicted octanol–water partition coefficient (Wildman–Crippen LogP) is 10.4. The van der Waals surface area contributed by atoms with E-state index in [1.54, 1.807) is 0 Å². The quantitative estimate of drug-likeness (QED) is 0.396. The van der Waals surface area contributed by atoms with E-state index in [4.69, 9.17) is 4.79 Å². The lowest BCUT2D eigenvalue weighted by Gasteiger charge is -2.33. The molecule has 2 heteroatoms. The summed E-state index contributed by atoms with van der Waals surface area (Å²) >= 11 is 0. The smallest absolute Gasteiger partial charge is 0.106 e. The Balaban J connectivity index is -0.000000237. The van der Waals surface area contributed by atoms with Crippen LogP contribution in [0, 0.1) is 11.8 Å². The number of benzene rings is 1. The fourth-order valence-corrected chi connectivity index (χ4v) is 3.17. The summed E-state index contributed by atoms with van der Waals surface area (Å²) in [6.45, 7) is 27.3. The average Bonchev–Trinajstić information content (AvgIpc) is 2.87. The van der Waals surface area contributed by atoms with E-state index in [9.17, 15) is 0 Å². The molecule has 0 bridgehead atoms. The van der Waals surface area contributed by atoms with Crippen molar-refractivity contribution in [2.24, 2.45) is 11.8 Å². The first-order chi connectivity index (χ1) is 16.4. The lowest BCUT2D eigenvalue weighted by Crippen LogP contribution is -2.25. The first-order valence-electron chi connectivity index (χ1n) is 13.6. The summed E-state index contributed by atoms with van der Waals surface area (Å²) in [5.41, 5.74) is 5.62. The zero-order valence-electron chi connectivity index (χ0n) is 25.2. The van der Waals surface area contributed by atoms with Gasteiger partial charge in [0.25, 0.3) is 0 Å². The molecular formula is C32H59NO. The molecule has 1 aliphatic heterocycles. The first kappa shape index (κ1) is 39.1. The van der Waals surface area contributed by atoms with Crippen LogP contribution in [0.3, 0.4) is 0 Å². The minimum absolute atomic E-state index is 0.596. The van der Waals surface area contributed by atoms with Gasteiger partial charge < -0.3 is 9.69 Å². The van der Waals surface area contributed by atoms with E-state index in [2.05, 4.69) is 102 Å². The maximum absolute atomic E-state index is 8.00. The fraction of sp³-hybridized carbons (Fsp3) is 0.594. The molecule has 34 heavy (non-hydrogen) atoms. The molecule has 0 aliphatic carbocycles. The number of unbranched alkanes of at least 4 members (excludes halogenated alkanes) is 1. The van der Waals surface area contributed by atoms with Crippen LogP contribution in [0.15, 0.2) is 59.8 Å². The molecule has 1 aromatic carbocycles. The van der Waals surface area contributed by atoms with Crippen molar-refractivity contribution < 1.29 is 4.79 Å². The van der Waals surface area contributed by atoms with Crippen molar-refractivity contribution in [3.63, 3.8) is 0 Å². The van der Waals surface area contributed by atoms with Crippen LogP contribution in [0.1, 0.15) is 108 Å². The summed E-state index contributed by atoms with van der Waals surface area (Å²) in [5.74, 6) is 1.32. The fourth-order valence-electron chi connectivity index (χ4n) is 3.17. The highest BCUT2D eigenvalue weighted by Gasteiger charge is 2.21. The third-order valence-electron chi connectivity index (χ3n) is 4.33. The number of allylic oxidation sites excluding steroid dienone is 5. The molecule has 0 amide bonds. The number of likely N-dealkylation sites (N-methyl/N-ethyl adjacent to an activating group) is 1.